The van der Waals surface area contributed by atoms with E-state index in [1.165, 1.54) is 0 Å². The number of carbonyl (C=O) groups excluding carboxylic acids is 1. The van der Waals surface area contributed by atoms with E-state index < -0.39 is 16.1 Å². The normalized spacial score (nSPS) is 15.2. The third-order valence-electron chi connectivity index (χ3n) is 8.44. The summed E-state index contributed by atoms with van der Waals surface area (Å²) in [4.78, 5) is 21.1. The third kappa shape index (κ3) is 8.82. The van der Waals surface area contributed by atoms with E-state index in [4.69, 9.17) is 16.3 Å². The van der Waals surface area contributed by atoms with Gasteiger partial charge < -0.3 is 19.4 Å². The Bertz CT molecular complexity index is 1510. The molecule has 1 N–H and O–H groups in total. The Hall–Kier alpha value is -2.95. The number of sulfonamides is 1. The Labute approximate surface area is 268 Å². The molecular formula is C34H45ClN4O4S. The topological polar surface area (TPSA) is 82.2 Å². The first-order valence-corrected chi connectivity index (χ1v) is 17.0. The fraction of sp³-hybridized carbons (Fsp3) is 0.441. The van der Waals surface area contributed by atoms with E-state index >= 15 is 0 Å². The number of likely N-dealkylation sites (N-methyl/N-ethyl adjacent to an activating group) is 1. The largest absolute Gasteiger partial charge is 0.496 e. The van der Waals surface area contributed by atoms with Crippen LogP contribution in [0.4, 0.5) is 0 Å². The Kier molecular flexibility index (Phi) is 11.8. The molecule has 0 unspecified atom stereocenters. The number of carbonyl (C=O) groups is 1. The van der Waals surface area contributed by atoms with Crippen LogP contribution < -0.4 is 9.46 Å². The summed E-state index contributed by atoms with van der Waals surface area (Å²) in [6.07, 6.45) is 0.977. The molecule has 44 heavy (non-hydrogen) atoms. The molecule has 1 saturated heterocycles. The number of rotatable bonds is 13. The SMILES string of the molecule is COc1cc(C)c(S(=O)(=O)N[C@H](Cc2ccc(Cl)cc2)C(=O)N(CCCN2CCN(C)CC2)Cc2ccccc2)c(C)c1C. The smallest absolute Gasteiger partial charge is 0.241 e. The van der Waals surface area contributed by atoms with E-state index in [0.717, 1.165) is 55.8 Å². The molecule has 1 aliphatic rings. The highest BCUT2D eigenvalue weighted by Crippen LogP contribution is 2.31. The average Bonchev–Trinajstić information content (AvgIpc) is 3.00. The summed E-state index contributed by atoms with van der Waals surface area (Å²) in [6, 6.07) is 17.7. The predicted octanol–water partition coefficient (Wildman–Crippen LogP) is 4.83. The molecule has 0 aliphatic carbocycles. The van der Waals surface area contributed by atoms with E-state index in [2.05, 4.69) is 21.6 Å². The number of amides is 1. The van der Waals surface area contributed by atoms with Gasteiger partial charge in [-0.05, 0) is 93.2 Å². The van der Waals surface area contributed by atoms with Crippen molar-refractivity contribution < 1.29 is 17.9 Å². The Morgan fingerprint density at radius 3 is 2.27 bits per heavy atom. The molecule has 0 saturated carbocycles. The van der Waals surface area contributed by atoms with Gasteiger partial charge in [0.05, 0.1) is 12.0 Å². The van der Waals surface area contributed by atoms with Gasteiger partial charge in [0.25, 0.3) is 0 Å². The standard InChI is InChI=1S/C34H45ClN4O4S/c1-25-22-32(43-5)26(2)27(3)33(25)44(41,42)36-31(23-28-12-14-30(35)15-13-28)34(40)39(24-29-10-7-6-8-11-29)17-9-16-38-20-18-37(4)19-21-38/h6-8,10-15,22,31,36H,9,16-21,23-24H2,1-5H3/t31-/m1/s1. The quantitative estimate of drug-likeness (QED) is 0.288. The summed E-state index contributed by atoms with van der Waals surface area (Å²) < 4.78 is 36.4. The second-order valence-corrected chi connectivity index (χ2v) is 13.8. The van der Waals surface area contributed by atoms with Crippen molar-refractivity contribution in [3.63, 3.8) is 0 Å². The van der Waals surface area contributed by atoms with Crippen LogP contribution in [0.25, 0.3) is 0 Å². The van der Waals surface area contributed by atoms with E-state index in [9.17, 15) is 13.2 Å². The minimum atomic E-state index is -4.08. The van der Waals surface area contributed by atoms with Crippen LogP contribution in [0.2, 0.25) is 5.02 Å². The van der Waals surface area contributed by atoms with Crippen LogP contribution >= 0.6 is 11.6 Å². The fourth-order valence-electron chi connectivity index (χ4n) is 5.78. The number of halogens is 1. The molecule has 0 bridgehead atoms. The van der Waals surface area contributed by atoms with Gasteiger partial charge >= 0.3 is 0 Å². The second-order valence-electron chi connectivity index (χ2n) is 11.7. The van der Waals surface area contributed by atoms with Crippen LogP contribution in [0.1, 0.15) is 34.2 Å². The molecule has 0 radical (unpaired) electrons. The fourth-order valence-corrected chi connectivity index (χ4v) is 7.62. The zero-order valence-corrected chi connectivity index (χ0v) is 28.0. The first-order valence-electron chi connectivity index (χ1n) is 15.1. The molecular weight excluding hydrogens is 596 g/mol. The van der Waals surface area contributed by atoms with Gasteiger partial charge in [0.15, 0.2) is 0 Å². The average molecular weight is 641 g/mol. The first kappa shape index (κ1) is 33.9. The lowest BCUT2D eigenvalue weighted by molar-refractivity contribution is -0.133. The lowest BCUT2D eigenvalue weighted by Gasteiger charge is -2.33. The van der Waals surface area contributed by atoms with Crippen LogP contribution in [0, 0.1) is 20.8 Å². The third-order valence-corrected chi connectivity index (χ3v) is 10.5. The highest BCUT2D eigenvalue weighted by Gasteiger charge is 2.32. The van der Waals surface area contributed by atoms with Crippen molar-refractivity contribution in [1.82, 2.24) is 19.4 Å². The second kappa shape index (κ2) is 15.4. The maximum Gasteiger partial charge on any atom is 0.241 e. The van der Waals surface area contributed by atoms with Gasteiger partial charge in [-0.2, -0.15) is 4.72 Å². The summed E-state index contributed by atoms with van der Waals surface area (Å²) in [6.45, 7) is 11.2. The Morgan fingerprint density at radius 2 is 1.64 bits per heavy atom. The number of nitrogens with one attached hydrogen (secondary N) is 1. The van der Waals surface area contributed by atoms with Crippen LogP contribution in [0.15, 0.2) is 65.6 Å². The molecule has 238 valence electrons. The maximum absolute atomic E-state index is 14.4. The molecule has 1 aliphatic heterocycles. The first-order chi connectivity index (χ1) is 21.0. The van der Waals surface area contributed by atoms with Crippen molar-refractivity contribution in [2.24, 2.45) is 0 Å². The molecule has 1 atom stereocenters. The highest BCUT2D eigenvalue weighted by molar-refractivity contribution is 7.89. The van der Waals surface area contributed by atoms with Crippen molar-refractivity contribution in [3.8, 4) is 5.75 Å². The molecule has 10 heteroatoms. The summed E-state index contributed by atoms with van der Waals surface area (Å²) in [5, 5.41) is 0.576. The molecule has 3 aromatic carbocycles. The monoisotopic (exact) mass is 640 g/mol. The lowest BCUT2D eigenvalue weighted by Crippen LogP contribution is -2.50. The Balaban J connectivity index is 1.64. The molecule has 8 nitrogen and oxygen atoms in total. The van der Waals surface area contributed by atoms with Crippen LogP contribution in [-0.4, -0.2) is 88.5 Å². The van der Waals surface area contributed by atoms with E-state index in [1.807, 2.05) is 49.4 Å². The van der Waals surface area contributed by atoms with Crippen LogP contribution in [0.5, 0.6) is 5.75 Å². The van der Waals surface area contributed by atoms with Crippen LogP contribution in [0.3, 0.4) is 0 Å². The number of ether oxygens (including phenoxy) is 1. The molecule has 1 heterocycles. The van der Waals surface area contributed by atoms with Gasteiger partial charge in [-0.15, -0.1) is 0 Å². The van der Waals surface area contributed by atoms with E-state index in [-0.39, 0.29) is 17.2 Å². The van der Waals surface area contributed by atoms with Crippen molar-refractivity contribution in [3.05, 3.63) is 93.5 Å². The number of methoxy groups -OCH3 is 1. The minimum Gasteiger partial charge on any atom is -0.496 e. The van der Waals surface area contributed by atoms with Gasteiger partial charge in [0.2, 0.25) is 15.9 Å². The lowest BCUT2D eigenvalue weighted by atomic mass is 10.0. The van der Waals surface area contributed by atoms with E-state index in [1.54, 1.807) is 44.1 Å². The molecule has 4 rings (SSSR count). The summed E-state index contributed by atoms with van der Waals surface area (Å²) in [7, 11) is -0.379. The van der Waals surface area contributed by atoms with Crippen molar-refractivity contribution in [2.75, 3.05) is 53.4 Å². The molecule has 1 fully saturated rings. The van der Waals surface area contributed by atoms with Gasteiger partial charge in [0, 0.05) is 44.3 Å². The number of piperazine rings is 1. The van der Waals surface area contributed by atoms with Gasteiger partial charge in [-0.1, -0.05) is 54.1 Å². The Morgan fingerprint density at radius 1 is 0.977 bits per heavy atom. The number of benzene rings is 3. The highest BCUT2D eigenvalue weighted by atomic mass is 35.5. The van der Waals surface area contributed by atoms with Gasteiger partial charge in [-0.25, -0.2) is 8.42 Å². The predicted molar refractivity (Wildman–Crippen MR) is 177 cm³/mol. The summed E-state index contributed by atoms with van der Waals surface area (Å²) in [5.41, 5.74) is 3.70. The van der Waals surface area contributed by atoms with Crippen molar-refractivity contribution in [1.29, 1.82) is 0 Å². The number of hydrogen-bond acceptors (Lipinski definition) is 6. The molecule has 0 aromatic heterocycles. The number of aryl methyl sites for hydroxylation is 1. The molecule has 0 spiro atoms. The maximum atomic E-state index is 14.4. The minimum absolute atomic E-state index is 0.175. The molecule has 3 aromatic rings. The van der Waals surface area contributed by atoms with Crippen LogP contribution in [-0.2, 0) is 27.8 Å². The van der Waals surface area contributed by atoms with Crippen molar-refractivity contribution >= 4 is 27.5 Å². The number of hydrogen-bond donors (Lipinski definition) is 1. The van der Waals surface area contributed by atoms with Gasteiger partial charge in [0.1, 0.15) is 11.8 Å². The van der Waals surface area contributed by atoms with Gasteiger partial charge in [-0.3, -0.25) is 4.79 Å². The summed E-state index contributed by atoms with van der Waals surface area (Å²) >= 11 is 6.14. The zero-order chi connectivity index (χ0) is 31.9. The van der Waals surface area contributed by atoms with Crippen molar-refractivity contribution in [2.45, 2.75) is 51.1 Å². The van der Waals surface area contributed by atoms with E-state index in [0.29, 0.717) is 35.0 Å². The number of nitrogens with zero attached hydrogens (tertiary/aromatic N) is 3. The zero-order valence-electron chi connectivity index (χ0n) is 26.5. The summed E-state index contributed by atoms with van der Waals surface area (Å²) in [5.74, 6) is 0.369. The molecule has 1 amide bonds.